The predicted octanol–water partition coefficient (Wildman–Crippen LogP) is 3.07. The van der Waals surface area contributed by atoms with Gasteiger partial charge in [-0.25, -0.2) is 0 Å². The quantitative estimate of drug-likeness (QED) is 0.860. The van der Waals surface area contributed by atoms with Crippen LogP contribution in [0, 0.1) is 0 Å². The highest BCUT2D eigenvalue weighted by molar-refractivity contribution is 6.30. The summed E-state index contributed by atoms with van der Waals surface area (Å²) in [5.74, 6) is -4.47. The predicted molar refractivity (Wildman–Crippen MR) is 47.9 cm³/mol. The molecule has 2 nitrogen and oxygen atoms in total. The molecule has 1 unspecified atom stereocenters. The van der Waals surface area contributed by atoms with Crippen LogP contribution in [0.4, 0.5) is 13.2 Å². The molecule has 0 saturated heterocycles. The molecule has 0 aliphatic heterocycles. The molecule has 0 aliphatic carbocycles. The molecule has 0 bridgehead atoms. The van der Waals surface area contributed by atoms with Crippen LogP contribution in [0.1, 0.15) is 11.5 Å². The highest BCUT2D eigenvalue weighted by Crippen LogP contribution is 2.35. The topological polar surface area (TPSA) is 37.3 Å². The number of carboxylic acids is 1. The highest BCUT2D eigenvalue weighted by Gasteiger charge is 2.46. The average molecular weight is 239 g/mol. The average Bonchev–Trinajstić information content (AvgIpc) is 1.99. The standard InChI is InChI=1S/C9H6ClF3O2/c10-6-3-1-2-5(4-6)7(8(14)15)9(11,12)13/h1-4,7H,(H,14,15). The van der Waals surface area contributed by atoms with Crippen LogP contribution in [0.25, 0.3) is 0 Å². The van der Waals surface area contributed by atoms with Crippen LogP contribution in [0.15, 0.2) is 24.3 Å². The first kappa shape index (κ1) is 11.8. The monoisotopic (exact) mass is 238 g/mol. The molecule has 82 valence electrons. The van der Waals surface area contributed by atoms with Crippen molar-refractivity contribution in [2.45, 2.75) is 12.1 Å². The maximum Gasteiger partial charge on any atom is 0.406 e. The second-order valence-corrected chi connectivity index (χ2v) is 3.30. The molecule has 1 N–H and O–H groups in total. The highest BCUT2D eigenvalue weighted by atomic mass is 35.5. The molecule has 1 rings (SSSR count). The fourth-order valence-electron chi connectivity index (χ4n) is 1.16. The van der Waals surface area contributed by atoms with Crippen LogP contribution >= 0.6 is 11.6 Å². The van der Waals surface area contributed by atoms with Crippen molar-refractivity contribution in [3.8, 4) is 0 Å². The summed E-state index contributed by atoms with van der Waals surface area (Å²) in [5.41, 5.74) is -0.373. The van der Waals surface area contributed by atoms with Gasteiger partial charge in [0.25, 0.3) is 0 Å². The maximum atomic E-state index is 12.4. The molecule has 0 amide bonds. The third kappa shape index (κ3) is 2.86. The molecule has 0 spiro atoms. The van der Waals surface area contributed by atoms with Gasteiger partial charge < -0.3 is 5.11 Å². The van der Waals surface area contributed by atoms with Gasteiger partial charge in [0.2, 0.25) is 0 Å². The van der Waals surface area contributed by atoms with Gasteiger partial charge in [0.1, 0.15) is 0 Å². The molecule has 6 heteroatoms. The van der Waals surface area contributed by atoms with E-state index in [0.29, 0.717) is 0 Å². The zero-order valence-electron chi connectivity index (χ0n) is 7.25. The molecule has 15 heavy (non-hydrogen) atoms. The zero-order valence-corrected chi connectivity index (χ0v) is 8.01. The van der Waals surface area contributed by atoms with E-state index in [-0.39, 0.29) is 10.6 Å². The van der Waals surface area contributed by atoms with Crippen LogP contribution in [0.2, 0.25) is 5.02 Å². The van der Waals surface area contributed by atoms with Gasteiger partial charge in [-0.1, -0.05) is 23.7 Å². The Bertz CT molecular complexity index is 376. The molecule has 0 saturated carbocycles. The van der Waals surface area contributed by atoms with Crippen LogP contribution in [0.5, 0.6) is 0 Å². The fraction of sp³-hybridized carbons (Fsp3) is 0.222. The molecule has 0 heterocycles. The van der Waals surface area contributed by atoms with E-state index in [1.54, 1.807) is 0 Å². The second-order valence-electron chi connectivity index (χ2n) is 2.87. The van der Waals surface area contributed by atoms with E-state index in [1.807, 2.05) is 0 Å². The van der Waals surface area contributed by atoms with E-state index < -0.39 is 18.1 Å². The summed E-state index contributed by atoms with van der Waals surface area (Å²) in [6.07, 6.45) is -4.82. The molecular weight excluding hydrogens is 233 g/mol. The van der Waals surface area contributed by atoms with E-state index >= 15 is 0 Å². The largest absolute Gasteiger partial charge is 0.481 e. The Balaban J connectivity index is 3.16. The summed E-state index contributed by atoms with van der Waals surface area (Å²) >= 11 is 5.48. The first-order valence-electron chi connectivity index (χ1n) is 3.87. The van der Waals surface area contributed by atoms with Gasteiger partial charge in [-0.15, -0.1) is 0 Å². The fourth-order valence-corrected chi connectivity index (χ4v) is 1.36. The number of carboxylic acid groups (broad SMARTS) is 1. The number of rotatable bonds is 2. The van der Waals surface area contributed by atoms with E-state index in [1.165, 1.54) is 12.1 Å². The van der Waals surface area contributed by atoms with Crippen molar-refractivity contribution in [3.63, 3.8) is 0 Å². The SMILES string of the molecule is O=C(O)C(c1cccc(Cl)c1)C(F)(F)F. The van der Waals surface area contributed by atoms with Gasteiger partial charge in [0.15, 0.2) is 5.92 Å². The number of aliphatic carboxylic acids is 1. The van der Waals surface area contributed by atoms with Crippen LogP contribution in [-0.4, -0.2) is 17.3 Å². The van der Waals surface area contributed by atoms with Gasteiger partial charge in [-0.2, -0.15) is 13.2 Å². The molecule has 0 aliphatic rings. The third-order valence-electron chi connectivity index (χ3n) is 1.76. The smallest absolute Gasteiger partial charge is 0.406 e. The summed E-state index contributed by atoms with van der Waals surface area (Å²) in [5, 5.41) is 8.56. The minimum Gasteiger partial charge on any atom is -0.481 e. The minimum atomic E-state index is -4.82. The number of hydrogen-bond donors (Lipinski definition) is 1. The lowest BCUT2D eigenvalue weighted by Gasteiger charge is -2.16. The Labute approximate surface area is 88.3 Å². The van der Waals surface area contributed by atoms with E-state index in [9.17, 15) is 18.0 Å². The van der Waals surface area contributed by atoms with Crippen LogP contribution in [-0.2, 0) is 4.79 Å². The molecule has 1 aromatic carbocycles. The number of benzene rings is 1. The number of hydrogen-bond acceptors (Lipinski definition) is 1. The Morgan fingerprint density at radius 2 is 2.00 bits per heavy atom. The lowest BCUT2D eigenvalue weighted by molar-refractivity contribution is -0.176. The molecule has 1 aromatic rings. The maximum absolute atomic E-state index is 12.4. The zero-order chi connectivity index (χ0) is 11.6. The minimum absolute atomic E-state index is 0.0722. The van der Waals surface area contributed by atoms with Gasteiger partial charge in [-0.05, 0) is 17.7 Å². The van der Waals surface area contributed by atoms with Crippen molar-refractivity contribution in [2.75, 3.05) is 0 Å². The summed E-state index contributed by atoms with van der Waals surface area (Å²) in [6.45, 7) is 0. The molecule has 0 radical (unpaired) electrons. The second kappa shape index (κ2) is 4.10. The lowest BCUT2D eigenvalue weighted by Crippen LogP contribution is -2.28. The summed E-state index contributed by atoms with van der Waals surface area (Å²) in [6, 6.07) is 4.73. The Morgan fingerprint density at radius 1 is 1.40 bits per heavy atom. The summed E-state index contributed by atoms with van der Waals surface area (Å²) < 4.78 is 37.1. The number of alkyl halides is 3. The first-order valence-corrected chi connectivity index (χ1v) is 4.25. The van der Waals surface area contributed by atoms with Crippen molar-refractivity contribution < 1.29 is 23.1 Å². The molecule has 1 atom stereocenters. The summed E-state index contributed by atoms with van der Waals surface area (Å²) in [7, 11) is 0. The van der Waals surface area contributed by atoms with Gasteiger partial charge >= 0.3 is 12.1 Å². The number of carbonyl (C=O) groups is 1. The normalized spacial score (nSPS) is 13.6. The Hall–Kier alpha value is -1.23. The van der Waals surface area contributed by atoms with Gasteiger partial charge in [-0.3, -0.25) is 4.79 Å². The lowest BCUT2D eigenvalue weighted by atomic mass is 9.99. The van der Waals surface area contributed by atoms with Crippen LogP contribution < -0.4 is 0 Å². The summed E-state index contributed by atoms with van der Waals surface area (Å²) in [4.78, 5) is 10.5. The first-order chi connectivity index (χ1) is 6.82. The number of halogens is 4. The molecule has 0 aromatic heterocycles. The van der Waals surface area contributed by atoms with Crippen molar-refractivity contribution in [2.24, 2.45) is 0 Å². The van der Waals surface area contributed by atoms with Crippen molar-refractivity contribution in [1.82, 2.24) is 0 Å². The van der Waals surface area contributed by atoms with E-state index in [2.05, 4.69) is 0 Å². The third-order valence-corrected chi connectivity index (χ3v) is 1.99. The van der Waals surface area contributed by atoms with Gasteiger partial charge in [0, 0.05) is 5.02 Å². The molecular formula is C9H6ClF3O2. The Morgan fingerprint density at radius 3 is 2.40 bits per heavy atom. The van der Waals surface area contributed by atoms with E-state index in [0.717, 1.165) is 12.1 Å². The van der Waals surface area contributed by atoms with Crippen LogP contribution in [0.3, 0.4) is 0 Å². The van der Waals surface area contributed by atoms with E-state index in [4.69, 9.17) is 16.7 Å². The van der Waals surface area contributed by atoms with Crippen molar-refractivity contribution >= 4 is 17.6 Å². The van der Waals surface area contributed by atoms with Gasteiger partial charge in [0.05, 0.1) is 0 Å². The molecule has 0 fully saturated rings. The Kier molecular flexibility index (Phi) is 3.24. The van der Waals surface area contributed by atoms with Crippen molar-refractivity contribution in [3.05, 3.63) is 34.9 Å². The van der Waals surface area contributed by atoms with Crippen molar-refractivity contribution in [1.29, 1.82) is 0 Å².